The summed E-state index contributed by atoms with van der Waals surface area (Å²) in [5.41, 5.74) is -4.30. The first-order valence-corrected chi connectivity index (χ1v) is 5.15. The number of alkyl halides is 4. The molecule has 0 amide bonds. The average Bonchev–Trinajstić information content (AvgIpc) is 2.34. The highest BCUT2D eigenvalue weighted by Crippen LogP contribution is 2.36. The van der Waals surface area contributed by atoms with E-state index in [1.165, 1.54) is 6.07 Å². The van der Waals surface area contributed by atoms with Crippen LogP contribution in [0.4, 0.5) is 18.9 Å². The van der Waals surface area contributed by atoms with Gasteiger partial charge in [0.1, 0.15) is 11.6 Å². The van der Waals surface area contributed by atoms with Crippen molar-refractivity contribution in [3.63, 3.8) is 0 Å². The fraction of sp³-hybridized carbons (Fsp3) is 0.200. The van der Waals surface area contributed by atoms with E-state index in [2.05, 4.69) is 0 Å². The van der Waals surface area contributed by atoms with E-state index in [0.717, 1.165) is 0 Å². The largest absolute Gasteiger partial charge is 0.417 e. The second-order valence-corrected chi connectivity index (χ2v) is 3.57. The number of benzene rings is 1. The molecular formula is C10H4ClF3N2O3. The molecule has 0 aliphatic rings. The van der Waals surface area contributed by atoms with E-state index >= 15 is 0 Å². The molecule has 0 unspecified atom stereocenters. The minimum atomic E-state index is -4.90. The van der Waals surface area contributed by atoms with Crippen molar-refractivity contribution in [2.24, 2.45) is 0 Å². The van der Waals surface area contributed by atoms with E-state index < -0.39 is 45.1 Å². The standard InChI is InChI=1S/C10H4ClF3N2O3/c11-3-8(17)9-5(4-15)6(10(12,13)14)1-2-7(9)16(18)19/h1-2H,3H2. The Balaban J connectivity index is 3.76. The van der Waals surface area contributed by atoms with Crippen molar-refractivity contribution in [1.29, 1.82) is 5.26 Å². The zero-order chi connectivity index (χ0) is 14.8. The number of nitro groups is 1. The van der Waals surface area contributed by atoms with E-state index in [1.807, 2.05) is 0 Å². The van der Waals surface area contributed by atoms with E-state index in [1.54, 1.807) is 0 Å². The number of hydrogen-bond acceptors (Lipinski definition) is 4. The second kappa shape index (κ2) is 5.24. The maximum atomic E-state index is 12.7. The van der Waals surface area contributed by atoms with Crippen LogP contribution in [0.3, 0.4) is 0 Å². The molecule has 0 aromatic heterocycles. The van der Waals surface area contributed by atoms with Crippen LogP contribution in [0.5, 0.6) is 0 Å². The number of hydrogen-bond donors (Lipinski definition) is 0. The van der Waals surface area contributed by atoms with Gasteiger partial charge >= 0.3 is 6.18 Å². The molecule has 0 saturated heterocycles. The van der Waals surface area contributed by atoms with Crippen LogP contribution in [0.1, 0.15) is 21.5 Å². The van der Waals surface area contributed by atoms with Gasteiger partial charge < -0.3 is 0 Å². The lowest BCUT2D eigenvalue weighted by atomic mass is 9.97. The Morgan fingerprint density at radius 3 is 2.42 bits per heavy atom. The SMILES string of the molecule is N#Cc1c(C(F)(F)F)ccc([N+](=O)[O-])c1C(=O)CCl. The Hall–Kier alpha value is -2.14. The quantitative estimate of drug-likeness (QED) is 0.371. The van der Waals surface area contributed by atoms with Gasteiger partial charge in [0.15, 0.2) is 5.78 Å². The molecule has 0 aliphatic carbocycles. The summed E-state index contributed by atoms with van der Waals surface area (Å²) in [4.78, 5) is 21.1. The van der Waals surface area contributed by atoms with Crippen LogP contribution >= 0.6 is 11.6 Å². The molecule has 0 heterocycles. The third kappa shape index (κ3) is 2.82. The van der Waals surface area contributed by atoms with E-state index in [9.17, 15) is 28.1 Å². The summed E-state index contributed by atoms with van der Waals surface area (Å²) in [5, 5.41) is 19.4. The normalized spacial score (nSPS) is 10.9. The van der Waals surface area contributed by atoms with Crippen molar-refractivity contribution in [1.82, 2.24) is 0 Å². The lowest BCUT2D eigenvalue weighted by Gasteiger charge is -2.11. The van der Waals surface area contributed by atoms with Gasteiger partial charge in [-0.3, -0.25) is 14.9 Å². The van der Waals surface area contributed by atoms with Gasteiger partial charge in [-0.2, -0.15) is 18.4 Å². The number of ketones is 1. The van der Waals surface area contributed by atoms with Gasteiger partial charge in [0.25, 0.3) is 5.69 Å². The Morgan fingerprint density at radius 1 is 1.47 bits per heavy atom. The number of carbonyl (C=O) groups excluding carboxylic acids is 1. The molecule has 19 heavy (non-hydrogen) atoms. The van der Waals surface area contributed by atoms with Crippen molar-refractivity contribution < 1.29 is 22.9 Å². The highest BCUT2D eigenvalue weighted by atomic mass is 35.5. The number of nitrogens with zero attached hydrogens (tertiary/aromatic N) is 2. The third-order valence-electron chi connectivity index (χ3n) is 2.20. The summed E-state index contributed by atoms with van der Waals surface area (Å²) in [6, 6.07) is 2.10. The van der Waals surface area contributed by atoms with Gasteiger partial charge in [-0.15, -0.1) is 11.6 Å². The lowest BCUT2D eigenvalue weighted by molar-refractivity contribution is -0.385. The summed E-state index contributed by atoms with van der Waals surface area (Å²) >= 11 is 5.20. The summed E-state index contributed by atoms with van der Waals surface area (Å²) in [5.74, 6) is -1.88. The maximum absolute atomic E-state index is 12.7. The fourth-order valence-corrected chi connectivity index (χ4v) is 1.58. The van der Waals surface area contributed by atoms with Crippen molar-refractivity contribution in [3.05, 3.63) is 38.9 Å². The van der Waals surface area contributed by atoms with Gasteiger partial charge in [-0.1, -0.05) is 0 Å². The molecular weight excluding hydrogens is 289 g/mol. The number of nitriles is 1. The molecule has 9 heteroatoms. The van der Waals surface area contributed by atoms with Crippen molar-refractivity contribution in [2.75, 3.05) is 5.88 Å². The number of halogens is 4. The summed E-state index contributed by atoms with van der Waals surface area (Å²) in [6.07, 6.45) is -4.90. The molecule has 100 valence electrons. The summed E-state index contributed by atoms with van der Waals surface area (Å²) < 4.78 is 38.0. The molecule has 5 nitrogen and oxygen atoms in total. The molecule has 0 radical (unpaired) electrons. The summed E-state index contributed by atoms with van der Waals surface area (Å²) in [6.45, 7) is 0. The molecule has 1 rings (SSSR count). The molecule has 1 aromatic carbocycles. The highest BCUT2D eigenvalue weighted by molar-refractivity contribution is 6.31. The summed E-state index contributed by atoms with van der Waals surface area (Å²) in [7, 11) is 0. The molecule has 0 N–H and O–H groups in total. The first-order chi connectivity index (χ1) is 8.73. The molecule has 0 aliphatic heterocycles. The number of nitro benzene ring substituents is 1. The van der Waals surface area contributed by atoms with Crippen molar-refractivity contribution in [2.45, 2.75) is 6.18 Å². The monoisotopic (exact) mass is 292 g/mol. The fourth-order valence-electron chi connectivity index (χ4n) is 1.45. The maximum Gasteiger partial charge on any atom is 0.417 e. The first kappa shape index (κ1) is 14.9. The Morgan fingerprint density at radius 2 is 2.05 bits per heavy atom. The predicted octanol–water partition coefficient (Wildman–Crippen LogP) is 2.91. The average molecular weight is 293 g/mol. The van der Waals surface area contributed by atoms with Gasteiger partial charge in [0.2, 0.25) is 0 Å². The molecule has 0 atom stereocenters. The Kier molecular flexibility index (Phi) is 4.11. The third-order valence-corrected chi connectivity index (χ3v) is 2.44. The first-order valence-electron chi connectivity index (χ1n) is 4.61. The van der Waals surface area contributed by atoms with Crippen LogP contribution < -0.4 is 0 Å². The van der Waals surface area contributed by atoms with Gasteiger partial charge in [0.05, 0.1) is 21.9 Å². The molecule has 0 bridgehead atoms. The molecule has 0 fully saturated rings. The smallest absolute Gasteiger partial charge is 0.293 e. The predicted molar refractivity (Wildman–Crippen MR) is 57.9 cm³/mol. The van der Waals surface area contributed by atoms with E-state index in [0.29, 0.717) is 12.1 Å². The minimum absolute atomic E-state index is 0.391. The van der Waals surface area contributed by atoms with Crippen LogP contribution in [-0.4, -0.2) is 16.6 Å². The Labute approximate surface area is 109 Å². The zero-order valence-electron chi connectivity index (χ0n) is 8.99. The van der Waals surface area contributed by atoms with Crippen molar-refractivity contribution in [3.8, 4) is 6.07 Å². The van der Waals surface area contributed by atoms with Gasteiger partial charge in [0, 0.05) is 6.07 Å². The molecule has 1 aromatic rings. The highest BCUT2D eigenvalue weighted by Gasteiger charge is 2.38. The minimum Gasteiger partial charge on any atom is -0.293 e. The molecule has 0 spiro atoms. The van der Waals surface area contributed by atoms with Crippen LogP contribution in [0.2, 0.25) is 0 Å². The van der Waals surface area contributed by atoms with Gasteiger partial charge in [-0.05, 0) is 6.07 Å². The number of rotatable bonds is 3. The van der Waals surface area contributed by atoms with Crippen LogP contribution in [0.25, 0.3) is 0 Å². The topological polar surface area (TPSA) is 84.0 Å². The van der Waals surface area contributed by atoms with Gasteiger partial charge in [-0.25, -0.2) is 0 Å². The Bertz CT molecular complexity index is 593. The van der Waals surface area contributed by atoms with Crippen LogP contribution in [0, 0.1) is 21.4 Å². The van der Waals surface area contributed by atoms with Crippen LogP contribution in [0.15, 0.2) is 12.1 Å². The lowest BCUT2D eigenvalue weighted by Crippen LogP contribution is -2.15. The number of carbonyl (C=O) groups is 1. The zero-order valence-corrected chi connectivity index (χ0v) is 9.75. The molecule has 0 saturated carbocycles. The van der Waals surface area contributed by atoms with Crippen molar-refractivity contribution >= 4 is 23.1 Å². The van der Waals surface area contributed by atoms with E-state index in [-0.39, 0.29) is 0 Å². The second-order valence-electron chi connectivity index (χ2n) is 3.31. The van der Waals surface area contributed by atoms with E-state index in [4.69, 9.17) is 16.9 Å². The number of Topliss-reactive ketones (excluding diaryl/α,β-unsaturated/α-hetero) is 1. The van der Waals surface area contributed by atoms with Crippen LogP contribution in [-0.2, 0) is 6.18 Å².